The van der Waals surface area contributed by atoms with Gasteiger partial charge in [-0.05, 0) is 56.7 Å². The fourth-order valence-corrected chi connectivity index (χ4v) is 4.03. The van der Waals surface area contributed by atoms with E-state index in [9.17, 15) is 4.79 Å². The zero-order valence-electron chi connectivity index (χ0n) is 18.7. The third-order valence-electron chi connectivity index (χ3n) is 5.47. The number of fused-ring (bicyclic) bond motifs is 2. The van der Waals surface area contributed by atoms with Gasteiger partial charge in [-0.15, -0.1) is 0 Å². The number of hydrogen-bond acceptors (Lipinski definition) is 6. The van der Waals surface area contributed by atoms with Crippen molar-refractivity contribution in [3.63, 3.8) is 0 Å². The highest BCUT2D eigenvalue weighted by molar-refractivity contribution is 5.84. The average molecular weight is 441 g/mol. The van der Waals surface area contributed by atoms with E-state index < -0.39 is 5.63 Å². The first kappa shape index (κ1) is 20.8. The van der Waals surface area contributed by atoms with E-state index in [4.69, 9.17) is 24.0 Å². The molecule has 0 amide bonds. The van der Waals surface area contributed by atoms with Gasteiger partial charge in [0.05, 0.1) is 18.0 Å². The molecule has 5 aromatic rings. The second kappa shape index (κ2) is 8.43. The number of aryl methyl sites for hydroxylation is 2. The van der Waals surface area contributed by atoms with Crippen LogP contribution in [-0.4, -0.2) is 21.4 Å². The summed E-state index contributed by atoms with van der Waals surface area (Å²) in [5.74, 6) is 1.16. The highest BCUT2D eigenvalue weighted by atomic mass is 16.5. The van der Waals surface area contributed by atoms with E-state index in [0.717, 1.165) is 33.4 Å². The van der Waals surface area contributed by atoms with Crippen LogP contribution in [0.5, 0.6) is 11.6 Å². The van der Waals surface area contributed by atoms with Crippen LogP contribution in [0.1, 0.15) is 23.7 Å². The molecule has 0 bridgehead atoms. The van der Waals surface area contributed by atoms with E-state index in [1.165, 1.54) is 6.07 Å². The molecule has 0 saturated heterocycles. The number of hydrogen-bond donors (Lipinski definition) is 0. The van der Waals surface area contributed by atoms with Crippen molar-refractivity contribution in [3.8, 4) is 17.3 Å². The predicted molar refractivity (Wildman–Crippen MR) is 126 cm³/mol. The lowest BCUT2D eigenvalue weighted by Gasteiger charge is -2.11. The number of benzene rings is 2. The Morgan fingerprint density at radius 1 is 1.00 bits per heavy atom. The first-order valence-electron chi connectivity index (χ1n) is 10.8. The molecule has 5 rings (SSSR count). The first-order valence-corrected chi connectivity index (χ1v) is 10.8. The number of para-hydroxylation sites is 1. The summed E-state index contributed by atoms with van der Waals surface area (Å²) in [7, 11) is 0. The SMILES string of the molecule is CCOc1ccc2oc(=O)cc(COc3cc(C)c4c(C)nn(-c5ccccc5)c4n3)c2c1. The third-order valence-corrected chi connectivity index (χ3v) is 5.47. The summed E-state index contributed by atoms with van der Waals surface area (Å²) in [5, 5.41) is 6.46. The molecule has 7 heteroatoms. The van der Waals surface area contributed by atoms with Crippen LogP contribution in [0.15, 0.2) is 69.9 Å². The van der Waals surface area contributed by atoms with Crippen LogP contribution in [0.25, 0.3) is 27.7 Å². The van der Waals surface area contributed by atoms with Crippen molar-refractivity contribution < 1.29 is 13.9 Å². The van der Waals surface area contributed by atoms with E-state index in [0.29, 0.717) is 29.4 Å². The van der Waals surface area contributed by atoms with Crippen molar-refractivity contribution in [1.29, 1.82) is 0 Å². The Bertz CT molecular complexity index is 1520. The van der Waals surface area contributed by atoms with E-state index in [-0.39, 0.29) is 6.61 Å². The molecule has 0 N–H and O–H groups in total. The molecule has 0 fully saturated rings. The molecule has 0 atom stereocenters. The lowest BCUT2D eigenvalue weighted by atomic mass is 10.1. The largest absolute Gasteiger partial charge is 0.494 e. The molecular weight excluding hydrogens is 418 g/mol. The lowest BCUT2D eigenvalue weighted by Crippen LogP contribution is -2.05. The molecule has 33 heavy (non-hydrogen) atoms. The standard InChI is InChI=1S/C26H23N3O4/c1-4-31-20-10-11-22-21(14-20)18(13-24(30)33-22)15-32-23-12-16(2)25-17(3)28-29(26(25)27-23)19-8-6-5-7-9-19/h5-14H,4,15H2,1-3H3. The molecule has 3 heterocycles. The van der Waals surface area contributed by atoms with Crippen molar-refractivity contribution >= 4 is 22.0 Å². The minimum absolute atomic E-state index is 0.161. The molecule has 2 aromatic carbocycles. The summed E-state index contributed by atoms with van der Waals surface area (Å²) in [6.45, 7) is 6.62. The number of aromatic nitrogens is 3. The Hall–Kier alpha value is -4.13. The Balaban J connectivity index is 1.53. The van der Waals surface area contributed by atoms with Gasteiger partial charge in [-0.1, -0.05) is 18.2 Å². The van der Waals surface area contributed by atoms with Crippen molar-refractivity contribution in [2.45, 2.75) is 27.4 Å². The zero-order valence-corrected chi connectivity index (χ0v) is 18.7. The molecule has 0 aliphatic rings. The number of pyridine rings is 1. The molecule has 0 unspecified atom stereocenters. The number of ether oxygens (including phenoxy) is 2. The van der Waals surface area contributed by atoms with Gasteiger partial charge < -0.3 is 13.9 Å². The van der Waals surface area contributed by atoms with Crippen LogP contribution >= 0.6 is 0 Å². The smallest absolute Gasteiger partial charge is 0.336 e. The summed E-state index contributed by atoms with van der Waals surface area (Å²) in [6.07, 6.45) is 0. The summed E-state index contributed by atoms with van der Waals surface area (Å²) < 4.78 is 18.8. The van der Waals surface area contributed by atoms with Crippen LogP contribution in [0.3, 0.4) is 0 Å². The maximum Gasteiger partial charge on any atom is 0.336 e. The van der Waals surface area contributed by atoms with Crippen molar-refractivity contribution in [2.75, 3.05) is 6.61 Å². The van der Waals surface area contributed by atoms with Crippen LogP contribution in [0.2, 0.25) is 0 Å². The predicted octanol–water partition coefficient (Wildman–Crippen LogP) is 5.12. The van der Waals surface area contributed by atoms with Crippen molar-refractivity contribution in [1.82, 2.24) is 14.8 Å². The fraction of sp³-hybridized carbons (Fsp3) is 0.192. The van der Waals surface area contributed by atoms with Gasteiger partial charge in [0.2, 0.25) is 5.88 Å². The van der Waals surface area contributed by atoms with Crippen LogP contribution < -0.4 is 15.1 Å². The number of rotatable bonds is 6. The van der Waals surface area contributed by atoms with E-state index in [1.54, 1.807) is 12.1 Å². The van der Waals surface area contributed by atoms with Crippen molar-refractivity contribution in [3.05, 3.63) is 87.9 Å². The maximum absolute atomic E-state index is 12.1. The molecule has 0 radical (unpaired) electrons. The molecular formula is C26H23N3O4. The molecule has 0 saturated carbocycles. The topological polar surface area (TPSA) is 79.4 Å². The molecule has 7 nitrogen and oxygen atoms in total. The summed E-state index contributed by atoms with van der Waals surface area (Å²) >= 11 is 0. The Kier molecular flexibility index (Phi) is 5.30. The quantitative estimate of drug-likeness (QED) is 0.340. The van der Waals surface area contributed by atoms with Gasteiger partial charge in [0.15, 0.2) is 5.65 Å². The van der Waals surface area contributed by atoms with Gasteiger partial charge in [-0.2, -0.15) is 10.1 Å². The van der Waals surface area contributed by atoms with E-state index in [1.807, 2.05) is 67.9 Å². The zero-order chi connectivity index (χ0) is 22.9. The molecule has 0 spiro atoms. The third kappa shape index (κ3) is 3.93. The average Bonchev–Trinajstić information content (AvgIpc) is 3.15. The Morgan fingerprint density at radius 3 is 2.61 bits per heavy atom. The van der Waals surface area contributed by atoms with Crippen LogP contribution in [-0.2, 0) is 6.61 Å². The fourth-order valence-electron chi connectivity index (χ4n) is 4.03. The Labute approximate surface area is 190 Å². The number of nitrogens with zero attached hydrogens (tertiary/aromatic N) is 3. The van der Waals surface area contributed by atoms with Gasteiger partial charge in [-0.3, -0.25) is 0 Å². The summed E-state index contributed by atoms with van der Waals surface area (Å²) in [6, 6.07) is 18.6. The first-order chi connectivity index (χ1) is 16.0. The molecule has 0 aliphatic heterocycles. The van der Waals surface area contributed by atoms with E-state index in [2.05, 4.69) is 0 Å². The Morgan fingerprint density at radius 2 is 1.82 bits per heavy atom. The van der Waals surface area contributed by atoms with E-state index >= 15 is 0 Å². The maximum atomic E-state index is 12.1. The molecule has 0 aliphatic carbocycles. The highest BCUT2D eigenvalue weighted by Gasteiger charge is 2.15. The second-order valence-corrected chi connectivity index (χ2v) is 7.78. The lowest BCUT2D eigenvalue weighted by molar-refractivity contribution is 0.295. The van der Waals surface area contributed by atoms with Crippen LogP contribution in [0, 0.1) is 13.8 Å². The van der Waals surface area contributed by atoms with Crippen molar-refractivity contribution in [2.24, 2.45) is 0 Å². The summed E-state index contributed by atoms with van der Waals surface area (Å²) in [4.78, 5) is 16.8. The molecule has 3 aromatic heterocycles. The minimum atomic E-state index is -0.428. The normalized spacial score (nSPS) is 11.2. The van der Waals surface area contributed by atoms with Gasteiger partial charge in [0.25, 0.3) is 0 Å². The van der Waals surface area contributed by atoms with Gasteiger partial charge in [0.1, 0.15) is 17.9 Å². The monoisotopic (exact) mass is 441 g/mol. The minimum Gasteiger partial charge on any atom is -0.494 e. The summed E-state index contributed by atoms with van der Waals surface area (Å²) in [5.41, 5.74) is 4.34. The van der Waals surface area contributed by atoms with Gasteiger partial charge >= 0.3 is 5.63 Å². The second-order valence-electron chi connectivity index (χ2n) is 7.78. The van der Waals surface area contributed by atoms with Crippen LogP contribution in [0.4, 0.5) is 0 Å². The highest BCUT2D eigenvalue weighted by Crippen LogP contribution is 2.28. The molecule has 166 valence electrons. The van der Waals surface area contributed by atoms with Gasteiger partial charge in [0, 0.05) is 28.5 Å². The van der Waals surface area contributed by atoms with Gasteiger partial charge in [-0.25, -0.2) is 9.48 Å².